The predicted molar refractivity (Wildman–Crippen MR) is 337 cm³/mol. The minimum Gasteiger partial charge on any atom is -0.455 e. The molecule has 4 N–H and O–H groups in total. The molecule has 23 heteroatoms. The number of anilines is 2. The number of rotatable bonds is 15. The lowest BCUT2D eigenvalue weighted by atomic mass is 9.72. The zero-order chi connectivity index (χ0) is 62.1. The summed E-state index contributed by atoms with van der Waals surface area (Å²) in [6, 6.07) is 25.0. The maximum atomic E-state index is 14.2. The number of nitrogens with one attached hydrogen (secondary N) is 4. The Bertz CT molecular complexity index is 4000. The summed E-state index contributed by atoms with van der Waals surface area (Å²) in [7, 11) is -4.65. The van der Waals surface area contributed by atoms with E-state index in [0.717, 1.165) is 94.8 Å². The van der Waals surface area contributed by atoms with Crippen LogP contribution in [-0.4, -0.2) is 150 Å². The van der Waals surface area contributed by atoms with Gasteiger partial charge in [-0.3, -0.25) is 44.3 Å². The van der Waals surface area contributed by atoms with Gasteiger partial charge in [-0.05, 0) is 153 Å². The molecule has 4 saturated heterocycles. The summed E-state index contributed by atoms with van der Waals surface area (Å²) in [5.74, 6) is 3.94. The Balaban J connectivity index is 0.645. The first-order valence-corrected chi connectivity index (χ1v) is 32.3. The van der Waals surface area contributed by atoms with Gasteiger partial charge in [0, 0.05) is 123 Å². The van der Waals surface area contributed by atoms with Crippen molar-refractivity contribution in [2.24, 2.45) is 11.3 Å². The Labute approximate surface area is 521 Å². The van der Waals surface area contributed by atoms with E-state index in [1.807, 2.05) is 18.2 Å². The highest BCUT2D eigenvalue weighted by molar-refractivity contribution is 7.90. The number of allylic oxidation sites excluding steroid dienone is 1. The number of piperazine rings is 1. The van der Waals surface area contributed by atoms with Crippen molar-refractivity contribution >= 4 is 84.8 Å². The number of H-pyrrole nitrogens is 1. The van der Waals surface area contributed by atoms with Crippen LogP contribution in [0.15, 0.2) is 114 Å². The zero-order valence-electron chi connectivity index (χ0n) is 49.7. The second-order valence-electron chi connectivity index (χ2n) is 24.8. The fraction of sp³-hybridized carbons (Fsp3) is 0.394. The van der Waals surface area contributed by atoms with Gasteiger partial charge in [0.25, 0.3) is 33.4 Å². The fourth-order valence-corrected chi connectivity index (χ4v) is 14.4. The number of benzene rings is 4. The van der Waals surface area contributed by atoms with Crippen LogP contribution >= 0.6 is 11.6 Å². The number of hydrogen-bond donors (Lipinski definition) is 4. The van der Waals surface area contributed by atoms with Gasteiger partial charge >= 0.3 is 0 Å². The molecular formula is C66H70ClN11O10S. The number of likely N-dealkylation sites (tertiary alicyclic amines) is 2. The summed E-state index contributed by atoms with van der Waals surface area (Å²) in [6.45, 7) is 11.7. The third-order valence-electron chi connectivity index (χ3n) is 18.4. The molecule has 12 rings (SSSR count). The van der Waals surface area contributed by atoms with Crippen LogP contribution in [0.3, 0.4) is 0 Å². The Hall–Kier alpha value is -8.62. The number of carbonyl (C=O) groups is 5. The number of sulfonamides is 1. The van der Waals surface area contributed by atoms with E-state index in [-0.39, 0.29) is 71.5 Å². The minimum atomic E-state index is -4.65. The molecule has 1 aliphatic carbocycles. The molecule has 0 saturated carbocycles. The van der Waals surface area contributed by atoms with E-state index in [2.05, 4.69) is 77.8 Å². The number of piperidine rings is 3. The van der Waals surface area contributed by atoms with E-state index in [1.54, 1.807) is 47.5 Å². The SMILES string of the molecule is CC1(C)CCC(CN2CCN(c3ccc(C(=O)NS(=O)(=O)c4ccc(NCC5CCN(C6CCN(C(=O)C#Cc7cccc8c7CN(C7CCC(=O)NC7=O)C8=O)CC6)CC5)c([N+](=O)[O-])c4)c(Oc4cnc5[nH]ccc5c4)c3)CC2)=C(c2ccc(Cl)cc2)C1. The third-order valence-corrected chi connectivity index (χ3v) is 20.0. The smallest absolute Gasteiger partial charge is 0.298 e. The number of nitrogens with zero attached hydrogens (tertiary/aromatic N) is 7. The topological polar surface area (TPSA) is 253 Å². The monoisotopic (exact) mass is 1240 g/mol. The van der Waals surface area contributed by atoms with Gasteiger partial charge in [0.05, 0.1) is 21.6 Å². The first-order valence-electron chi connectivity index (χ1n) is 30.4. The quantitative estimate of drug-likeness (QED) is 0.0325. The van der Waals surface area contributed by atoms with E-state index in [1.165, 1.54) is 46.0 Å². The lowest BCUT2D eigenvalue weighted by Gasteiger charge is -2.41. The standard InChI is InChI=1S/C66H70ClN11O10S/c1-66(2)24-18-46(54(37-66)44-6-9-47(67)10-7-44)40-73-30-32-75(33-31-73)49-11-13-53(59(35-49)88-50-34-45-19-25-68-62(45)70-39-50)63(81)72-89(86,87)51-12-14-56(58(36-51)78(84)85)69-38-42-20-26-74(27-21-42)48-22-28-76(29-23-48)61(80)17-8-43-4-3-5-52-55(43)41-77(65(52)83)57-15-16-60(79)71-64(57)82/h3-7,9-14,19,25,34-36,39,42,48,57,69H,15-16,18,20-24,26-33,37-38,40-41H2,1-2H3,(H,68,70)(H,72,81)(H,71,79,82). The predicted octanol–water partition coefficient (Wildman–Crippen LogP) is 8.75. The summed E-state index contributed by atoms with van der Waals surface area (Å²) in [6.07, 6.45) is 9.98. The number of imide groups is 1. The first kappa shape index (κ1) is 60.7. The van der Waals surface area contributed by atoms with Gasteiger partial charge in [-0.2, -0.15) is 0 Å². The average Bonchev–Trinajstić information content (AvgIpc) is 1.80. The summed E-state index contributed by atoms with van der Waals surface area (Å²) < 4.78 is 36.6. The normalized spacial score (nSPS) is 19.6. The van der Waals surface area contributed by atoms with Crippen molar-refractivity contribution in [2.75, 3.05) is 75.7 Å². The van der Waals surface area contributed by atoms with Gasteiger partial charge in [0.15, 0.2) is 0 Å². The molecule has 1 atom stereocenters. The van der Waals surface area contributed by atoms with Crippen molar-refractivity contribution < 1.29 is 42.1 Å². The Morgan fingerprint density at radius 2 is 1.66 bits per heavy atom. The lowest BCUT2D eigenvalue weighted by Crippen LogP contribution is -2.52. The Morgan fingerprint density at radius 1 is 0.888 bits per heavy atom. The van der Waals surface area contributed by atoms with Crippen molar-refractivity contribution in [3.05, 3.63) is 152 Å². The van der Waals surface area contributed by atoms with E-state index in [0.29, 0.717) is 65.8 Å². The lowest BCUT2D eigenvalue weighted by molar-refractivity contribution is -0.384. The number of carbonyl (C=O) groups excluding carboxylic acids is 5. The molecular weight excluding hydrogens is 1170 g/mol. The maximum absolute atomic E-state index is 14.2. The molecule has 5 aliphatic heterocycles. The van der Waals surface area contributed by atoms with Crippen molar-refractivity contribution in [1.82, 2.24) is 39.6 Å². The summed E-state index contributed by atoms with van der Waals surface area (Å²) in [5, 5.41) is 19.5. The number of aromatic amines is 1. The number of nitro groups is 1. The molecule has 1 unspecified atom stereocenters. The molecule has 21 nitrogen and oxygen atoms in total. The molecule has 0 bridgehead atoms. The second kappa shape index (κ2) is 25.5. The molecule has 4 aromatic carbocycles. The molecule has 4 fully saturated rings. The number of fused-ring (bicyclic) bond motifs is 2. The van der Waals surface area contributed by atoms with Crippen molar-refractivity contribution in [1.29, 1.82) is 0 Å². The highest BCUT2D eigenvalue weighted by Crippen LogP contribution is 2.44. The second-order valence-corrected chi connectivity index (χ2v) is 26.9. The number of hydrogen-bond acceptors (Lipinski definition) is 15. The van der Waals surface area contributed by atoms with Crippen LogP contribution < -0.4 is 25.0 Å². The number of amides is 5. The van der Waals surface area contributed by atoms with Crippen molar-refractivity contribution in [2.45, 2.75) is 95.2 Å². The molecule has 0 spiro atoms. The van der Waals surface area contributed by atoms with Crippen LogP contribution in [0.2, 0.25) is 5.02 Å². The van der Waals surface area contributed by atoms with Crippen LogP contribution in [0, 0.1) is 33.3 Å². The van der Waals surface area contributed by atoms with Crippen LogP contribution in [0.5, 0.6) is 11.5 Å². The molecule has 6 aliphatic rings. The highest BCUT2D eigenvalue weighted by Gasteiger charge is 2.40. The van der Waals surface area contributed by atoms with Crippen LogP contribution in [0.1, 0.15) is 109 Å². The molecule has 5 amide bonds. The average molecular weight is 1240 g/mol. The summed E-state index contributed by atoms with van der Waals surface area (Å²) >= 11 is 6.28. The number of pyridine rings is 1. The summed E-state index contributed by atoms with van der Waals surface area (Å²) in [5.41, 5.74) is 6.96. The Morgan fingerprint density at radius 3 is 2.42 bits per heavy atom. The van der Waals surface area contributed by atoms with Gasteiger partial charge < -0.3 is 34.6 Å². The number of aromatic nitrogens is 2. The number of halogens is 1. The fourth-order valence-electron chi connectivity index (χ4n) is 13.3. The van der Waals surface area contributed by atoms with Gasteiger partial charge in [-0.1, -0.05) is 55.1 Å². The van der Waals surface area contributed by atoms with E-state index < -0.39 is 43.4 Å². The zero-order valence-corrected chi connectivity index (χ0v) is 51.3. The largest absolute Gasteiger partial charge is 0.455 e. The van der Waals surface area contributed by atoms with Gasteiger partial charge in [0.2, 0.25) is 11.8 Å². The van der Waals surface area contributed by atoms with Crippen LogP contribution in [0.4, 0.5) is 17.1 Å². The van der Waals surface area contributed by atoms with Crippen LogP contribution in [0.25, 0.3) is 16.6 Å². The van der Waals surface area contributed by atoms with Gasteiger partial charge in [-0.25, -0.2) is 18.1 Å². The maximum Gasteiger partial charge on any atom is 0.298 e. The van der Waals surface area contributed by atoms with Gasteiger partial charge in [0.1, 0.15) is 28.9 Å². The first-order chi connectivity index (χ1) is 42.8. The van der Waals surface area contributed by atoms with E-state index in [9.17, 15) is 42.5 Å². The highest BCUT2D eigenvalue weighted by atomic mass is 35.5. The van der Waals surface area contributed by atoms with Crippen molar-refractivity contribution in [3.8, 4) is 23.3 Å². The van der Waals surface area contributed by atoms with Gasteiger partial charge in [-0.15, -0.1) is 0 Å². The summed E-state index contributed by atoms with van der Waals surface area (Å²) in [4.78, 5) is 94.4. The minimum absolute atomic E-state index is 0.0653. The Kier molecular flexibility index (Phi) is 17.4. The molecule has 89 heavy (non-hydrogen) atoms. The molecule has 6 aromatic rings. The van der Waals surface area contributed by atoms with E-state index in [4.69, 9.17) is 16.3 Å². The van der Waals surface area contributed by atoms with Crippen LogP contribution in [-0.2, 0) is 31.0 Å². The molecule has 7 heterocycles. The molecule has 0 radical (unpaired) electrons. The number of nitro benzene ring substituents is 1. The molecule has 462 valence electrons. The molecule has 2 aromatic heterocycles. The van der Waals surface area contributed by atoms with E-state index >= 15 is 0 Å². The van der Waals surface area contributed by atoms with Crippen molar-refractivity contribution in [3.63, 3.8) is 0 Å². The third kappa shape index (κ3) is 13.5. The number of ether oxygens (including phenoxy) is 1.